The Kier molecular flexibility index (Phi) is 1.77. The Morgan fingerprint density at radius 1 is 1.50 bits per heavy atom. The molecule has 0 saturated heterocycles. The number of benzene rings is 1. The molecule has 2 rings (SSSR count). The molecule has 0 spiro atoms. The summed E-state index contributed by atoms with van der Waals surface area (Å²) in [6, 6.07) is 8.22. The van der Waals surface area contributed by atoms with Crippen molar-refractivity contribution in [2.75, 3.05) is 0 Å². The molecular weight excluding hydrogens is 150 g/mol. The molecule has 1 aromatic carbocycles. The number of nitrogens with two attached hydrogens (primary N) is 1. The third-order valence-electron chi connectivity index (χ3n) is 2.26. The summed E-state index contributed by atoms with van der Waals surface area (Å²) in [4.78, 5) is 0. The summed E-state index contributed by atoms with van der Waals surface area (Å²) in [5.41, 5.74) is 7.03. The number of hydrogen-bond acceptors (Lipinski definition) is 2. The van der Waals surface area contributed by atoms with Crippen LogP contribution in [-0.4, -0.2) is 12.1 Å². The fourth-order valence-corrected chi connectivity index (χ4v) is 1.50. The highest BCUT2D eigenvalue weighted by Gasteiger charge is 2.24. The number of para-hydroxylation sites is 1. The first-order valence-electron chi connectivity index (χ1n) is 4.27. The molecule has 0 fully saturated rings. The summed E-state index contributed by atoms with van der Waals surface area (Å²) >= 11 is 0. The standard InChI is InChI=1S/C10H13NO/c1-7(11)10-6-8-4-2-3-5-9(8)12-10/h2-5,7,10H,6,11H2,1H3/t7-,10+/m0/s1. The van der Waals surface area contributed by atoms with E-state index >= 15 is 0 Å². The highest BCUT2D eigenvalue weighted by atomic mass is 16.5. The van der Waals surface area contributed by atoms with Gasteiger partial charge in [0.05, 0.1) is 0 Å². The van der Waals surface area contributed by atoms with Gasteiger partial charge in [0.25, 0.3) is 0 Å². The first kappa shape index (κ1) is 7.62. The number of fused-ring (bicyclic) bond motifs is 1. The third kappa shape index (κ3) is 1.18. The normalized spacial score (nSPS) is 23.0. The Bertz CT molecular complexity index is 258. The molecule has 0 radical (unpaired) electrons. The lowest BCUT2D eigenvalue weighted by atomic mass is 10.1. The minimum atomic E-state index is 0.109. The smallest absolute Gasteiger partial charge is 0.123 e. The van der Waals surface area contributed by atoms with Crippen molar-refractivity contribution in [1.29, 1.82) is 0 Å². The van der Waals surface area contributed by atoms with Crippen LogP contribution in [0.2, 0.25) is 0 Å². The Balaban J connectivity index is 2.22. The summed E-state index contributed by atoms with van der Waals surface area (Å²) in [5, 5.41) is 0. The predicted octanol–water partition coefficient (Wildman–Crippen LogP) is 1.34. The largest absolute Gasteiger partial charge is 0.488 e. The minimum absolute atomic E-state index is 0.109. The van der Waals surface area contributed by atoms with E-state index in [2.05, 4.69) is 6.07 Å². The second kappa shape index (κ2) is 2.79. The molecule has 1 heterocycles. The predicted molar refractivity (Wildman–Crippen MR) is 48.2 cm³/mol. The maximum atomic E-state index is 5.75. The van der Waals surface area contributed by atoms with Gasteiger partial charge in [-0.15, -0.1) is 0 Å². The minimum Gasteiger partial charge on any atom is -0.488 e. The summed E-state index contributed by atoms with van der Waals surface area (Å²) in [7, 11) is 0. The van der Waals surface area contributed by atoms with E-state index in [1.54, 1.807) is 0 Å². The topological polar surface area (TPSA) is 35.2 Å². The molecule has 64 valence electrons. The number of ether oxygens (including phenoxy) is 1. The molecule has 0 amide bonds. The molecule has 2 N–H and O–H groups in total. The van der Waals surface area contributed by atoms with Crippen molar-refractivity contribution in [3.05, 3.63) is 29.8 Å². The average Bonchev–Trinajstić information content (AvgIpc) is 2.46. The molecular formula is C10H13NO. The summed E-state index contributed by atoms with van der Waals surface area (Å²) < 4.78 is 5.64. The molecule has 0 aromatic heterocycles. The number of rotatable bonds is 1. The van der Waals surface area contributed by atoms with Crippen LogP contribution in [-0.2, 0) is 6.42 Å². The van der Waals surface area contributed by atoms with Crippen LogP contribution in [0.1, 0.15) is 12.5 Å². The van der Waals surface area contributed by atoms with Gasteiger partial charge in [-0.05, 0) is 18.6 Å². The lowest BCUT2D eigenvalue weighted by Crippen LogP contribution is -2.34. The van der Waals surface area contributed by atoms with E-state index in [4.69, 9.17) is 10.5 Å². The average molecular weight is 163 g/mol. The maximum Gasteiger partial charge on any atom is 0.123 e. The Hall–Kier alpha value is -1.02. The van der Waals surface area contributed by atoms with Gasteiger partial charge in [0.1, 0.15) is 11.9 Å². The zero-order valence-electron chi connectivity index (χ0n) is 7.16. The molecule has 1 aliphatic heterocycles. The highest BCUT2D eigenvalue weighted by molar-refractivity contribution is 5.37. The molecule has 0 saturated carbocycles. The first-order chi connectivity index (χ1) is 5.77. The highest BCUT2D eigenvalue weighted by Crippen LogP contribution is 2.28. The molecule has 0 bridgehead atoms. The maximum absolute atomic E-state index is 5.75. The van der Waals surface area contributed by atoms with E-state index in [-0.39, 0.29) is 12.1 Å². The van der Waals surface area contributed by atoms with Crippen LogP contribution >= 0.6 is 0 Å². The lowest BCUT2D eigenvalue weighted by Gasteiger charge is -2.13. The molecule has 2 atom stereocenters. The van der Waals surface area contributed by atoms with Crippen LogP contribution in [0.5, 0.6) is 5.75 Å². The van der Waals surface area contributed by atoms with Gasteiger partial charge in [-0.1, -0.05) is 18.2 Å². The van der Waals surface area contributed by atoms with Crippen molar-refractivity contribution >= 4 is 0 Å². The van der Waals surface area contributed by atoms with Crippen LogP contribution in [0.4, 0.5) is 0 Å². The first-order valence-corrected chi connectivity index (χ1v) is 4.27. The van der Waals surface area contributed by atoms with Gasteiger partial charge in [-0.25, -0.2) is 0 Å². The van der Waals surface area contributed by atoms with Crippen molar-refractivity contribution in [2.24, 2.45) is 5.73 Å². The van der Waals surface area contributed by atoms with Gasteiger partial charge in [-0.3, -0.25) is 0 Å². The second-order valence-corrected chi connectivity index (χ2v) is 3.33. The Labute approximate surface area is 72.3 Å². The molecule has 1 aromatic rings. The van der Waals surface area contributed by atoms with Crippen LogP contribution in [0, 0.1) is 0 Å². The van der Waals surface area contributed by atoms with E-state index in [9.17, 15) is 0 Å². The van der Waals surface area contributed by atoms with E-state index in [1.807, 2.05) is 25.1 Å². The fraction of sp³-hybridized carbons (Fsp3) is 0.400. The Morgan fingerprint density at radius 2 is 2.25 bits per heavy atom. The Morgan fingerprint density at radius 3 is 2.92 bits per heavy atom. The van der Waals surface area contributed by atoms with Crippen molar-refractivity contribution in [3.8, 4) is 5.75 Å². The van der Waals surface area contributed by atoms with Gasteiger partial charge in [0.2, 0.25) is 0 Å². The van der Waals surface area contributed by atoms with Gasteiger partial charge >= 0.3 is 0 Å². The fourth-order valence-electron chi connectivity index (χ4n) is 1.50. The van der Waals surface area contributed by atoms with Crippen LogP contribution in [0.25, 0.3) is 0 Å². The van der Waals surface area contributed by atoms with Gasteiger partial charge < -0.3 is 10.5 Å². The van der Waals surface area contributed by atoms with Crippen LogP contribution in [0.15, 0.2) is 24.3 Å². The van der Waals surface area contributed by atoms with E-state index < -0.39 is 0 Å². The monoisotopic (exact) mass is 163 g/mol. The summed E-state index contributed by atoms with van der Waals surface area (Å²) in [5.74, 6) is 1.000. The van der Waals surface area contributed by atoms with Crippen molar-refractivity contribution < 1.29 is 4.74 Å². The molecule has 1 aliphatic rings. The quantitative estimate of drug-likeness (QED) is 0.678. The van der Waals surface area contributed by atoms with Crippen molar-refractivity contribution in [2.45, 2.75) is 25.5 Å². The van der Waals surface area contributed by atoms with Gasteiger partial charge in [0, 0.05) is 12.5 Å². The van der Waals surface area contributed by atoms with E-state index in [0.29, 0.717) is 0 Å². The van der Waals surface area contributed by atoms with Crippen LogP contribution < -0.4 is 10.5 Å². The molecule has 2 heteroatoms. The molecule has 2 nitrogen and oxygen atoms in total. The summed E-state index contributed by atoms with van der Waals surface area (Å²) in [6.07, 6.45) is 1.12. The molecule has 0 aliphatic carbocycles. The van der Waals surface area contributed by atoms with E-state index in [1.165, 1.54) is 5.56 Å². The molecule has 12 heavy (non-hydrogen) atoms. The zero-order chi connectivity index (χ0) is 8.55. The third-order valence-corrected chi connectivity index (χ3v) is 2.26. The van der Waals surface area contributed by atoms with Crippen molar-refractivity contribution in [3.63, 3.8) is 0 Å². The van der Waals surface area contributed by atoms with E-state index in [0.717, 1.165) is 12.2 Å². The SMILES string of the molecule is C[C@H](N)[C@H]1Cc2ccccc2O1. The molecule has 0 unspecified atom stereocenters. The lowest BCUT2D eigenvalue weighted by molar-refractivity contribution is 0.206. The van der Waals surface area contributed by atoms with Crippen LogP contribution in [0.3, 0.4) is 0 Å². The van der Waals surface area contributed by atoms with Gasteiger partial charge in [-0.2, -0.15) is 0 Å². The van der Waals surface area contributed by atoms with Crippen molar-refractivity contribution in [1.82, 2.24) is 0 Å². The van der Waals surface area contributed by atoms with Gasteiger partial charge in [0.15, 0.2) is 0 Å². The zero-order valence-corrected chi connectivity index (χ0v) is 7.16. The second-order valence-electron chi connectivity index (χ2n) is 3.33. The number of hydrogen-bond donors (Lipinski definition) is 1. The summed E-state index contributed by atoms with van der Waals surface area (Å²) in [6.45, 7) is 1.98.